The average Bonchev–Trinajstić information content (AvgIpc) is 2.98. The number of alkyl halides is 6. The fraction of sp³-hybridized carbons (Fsp3) is 0.300. The lowest BCUT2D eigenvalue weighted by atomic mass is 9.98. The van der Waals surface area contributed by atoms with Crippen LogP contribution >= 0.6 is 0 Å². The number of hydrogen-bond acceptors (Lipinski definition) is 6. The lowest BCUT2D eigenvalue weighted by Crippen LogP contribution is -2.58. The lowest BCUT2D eigenvalue weighted by molar-refractivity contribution is -0.274. The Morgan fingerprint density at radius 3 is 2.34 bits per heavy atom. The maximum absolute atomic E-state index is 13.6. The van der Waals surface area contributed by atoms with Crippen LogP contribution in [0.25, 0.3) is 11.1 Å². The highest BCUT2D eigenvalue weighted by molar-refractivity contribution is 6.02. The molecule has 0 aromatic heterocycles. The molecule has 3 aromatic rings. The van der Waals surface area contributed by atoms with Gasteiger partial charge in [0.25, 0.3) is 11.8 Å². The van der Waals surface area contributed by atoms with Crippen LogP contribution in [-0.2, 0) is 15.8 Å². The minimum atomic E-state index is -4.86. The minimum Gasteiger partial charge on any atom is -0.483 e. The molecule has 4 rings (SSSR count). The van der Waals surface area contributed by atoms with Crippen molar-refractivity contribution >= 4 is 23.8 Å². The normalized spacial score (nSPS) is 15.5. The van der Waals surface area contributed by atoms with E-state index in [4.69, 9.17) is 4.74 Å². The summed E-state index contributed by atoms with van der Waals surface area (Å²) >= 11 is 0. The number of anilines is 1. The van der Waals surface area contributed by atoms with Crippen LogP contribution in [0.1, 0.15) is 21.5 Å². The van der Waals surface area contributed by atoms with Gasteiger partial charge in [0.1, 0.15) is 23.8 Å². The number of piperazine rings is 1. The van der Waals surface area contributed by atoms with E-state index >= 15 is 0 Å². The van der Waals surface area contributed by atoms with Gasteiger partial charge in [-0.3, -0.25) is 9.59 Å². The number of amides is 2. The number of aldehydes is 1. The zero-order valence-electron chi connectivity index (χ0n) is 23.5. The number of carbonyl (C=O) groups excluding carboxylic acids is 3. The van der Waals surface area contributed by atoms with Gasteiger partial charge < -0.3 is 29.4 Å². The van der Waals surface area contributed by atoms with Crippen LogP contribution in [0.4, 0.5) is 32.0 Å². The summed E-state index contributed by atoms with van der Waals surface area (Å²) in [5.41, 5.74) is 0.592. The quantitative estimate of drug-likeness (QED) is 0.262. The first-order valence-corrected chi connectivity index (χ1v) is 13.2. The molecule has 44 heavy (non-hydrogen) atoms. The standard InChI is InChI=1S/C30H27F6N3O5/c1-18-12-23(44-30(34,35)36)7-9-26(18)43-17-27(41)38-10-11-39(22(15-38)16-40)28(42)24-14-20(6-8-25(24)37-2)19-4-3-5-21(13-19)29(31,32)33/h3-9,12-14,16,22,37H,10-11,15,17H2,1-2H3. The summed E-state index contributed by atoms with van der Waals surface area (Å²) in [6.45, 7) is 0.905. The second kappa shape index (κ2) is 12.9. The number of carbonyl (C=O) groups is 3. The fourth-order valence-electron chi connectivity index (χ4n) is 4.77. The number of nitrogens with zero attached hydrogens (tertiary/aromatic N) is 2. The van der Waals surface area contributed by atoms with Gasteiger partial charge in [-0.15, -0.1) is 13.2 Å². The summed E-state index contributed by atoms with van der Waals surface area (Å²) in [6, 6.07) is 11.6. The predicted molar refractivity (Wildman–Crippen MR) is 147 cm³/mol. The first-order valence-electron chi connectivity index (χ1n) is 13.2. The first kappa shape index (κ1) is 32.2. The topological polar surface area (TPSA) is 88.2 Å². The third-order valence-corrected chi connectivity index (χ3v) is 6.96. The van der Waals surface area contributed by atoms with E-state index in [1.807, 2.05) is 0 Å². The van der Waals surface area contributed by atoms with Gasteiger partial charge in [0, 0.05) is 32.4 Å². The Kier molecular flexibility index (Phi) is 9.40. The van der Waals surface area contributed by atoms with Crippen molar-refractivity contribution in [3.63, 3.8) is 0 Å². The highest BCUT2D eigenvalue weighted by atomic mass is 19.4. The molecule has 1 aliphatic heterocycles. The molecule has 0 aliphatic carbocycles. The van der Waals surface area contributed by atoms with E-state index in [0.717, 1.165) is 24.3 Å². The number of hydrogen-bond donors (Lipinski definition) is 1. The van der Waals surface area contributed by atoms with Gasteiger partial charge >= 0.3 is 12.5 Å². The highest BCUT2D eigenvalue weighted by Crippen LogP contribution is 2.34. The van der Waals surface area contributed by atoms with E-state index < -0.39 is 48.3 Å². The molecule has 1 heterocycles. The molecule has 1 N–H and O–H groups in total. The van der Waals surface area contributed by atoms with E-state index in [9.17, 15) is 40.7 Å². The first-order chi connectivity index (χ1) is 20.7. The van der Waals surface area contributed by atoms with Gasteiger partial charge in [0.2, 0.25) is 0 Å². The third-order valence-electron chi connectivity index (χ3n) is 6.96. The number of nitrogens with one attached hydrogen (secondary N) is 1. The Labute approximate surface area is 248 Å². The Morgan fingerprint density at radius 1 is 0.977 bits per heavy atom. The average molecular weight is 624 g/mol. The Hall–Kier alpha value is -4.75. The molecule has 1 aliphatic rings. The molecule has 1 unspecified atom stereocenters. The van der Waals surface area contributed by atoms with Crippen molar-refractivity contribution in [3.05, 3.63) is 77.4 Å². The van der Waals surface area contributed by atoms with Crippen molar-refractivity contribution in [2.75, 3.05) is 38.6 Å². The smallest absolute Gasteiger partial charge is 0.483 e. The van der Waals surface area contributed by atoms with Crippen LogP contribution in [-0.4, -0.2) is 73.6 Å². The van der Waals surface area contributed by atoms with Crippen LogP contribution in [0.5, 0.6) is 11.5 Å². The summed E-state index contributed by atoms with van der Waals surface area (Å²) in [5.74, 6) is -1.35. The zero-order valence-corrected chi connectivity index (χ0v) is 23.5. The maximum Gasteiger partial charge on any atom is 0.573 e. The molecule has 8 nitrogen and oxygen atoms in total. The second-order valence-corrected chi connectivity index (χ2v) is 9.89. The van der Waals surface area contributed by atoms with Gasteiger partial charge in [-0.2, -0.15) is 13.2 Å². The van der Waals surface area contributed by atoms with Crippen molar-refractivity contribution in [1.29, 1.82) is 0 Å². The molecule has 1 atom stereocenters. The Balaban J connectivity index is 1.45. The van der Waals surface area contributed by atoms with E-state index in [0.29, 0.717) is 23.1 Å². The summed E-state index contributed by atoms with van der Waals surface area (Å²) in [6.07, 6.45) is -8.88. The SMILES string of the molecule is CNc1ccc(-c2cccc(C(F)(F)F)c2)cc1C(=O)N1CCN(C(=O)COc2ccc(OC(F)(F)F)cc2C)CC1C=O. The second-order valence-electron chi connectivity index (χ2n) is 9.89. The maximum atomic E-state index is 13.6. The Bertz CT molecular complexity index is 1540. The number of benzene rings is 3. The van der Waals surface area contributed by atoms with Crippen LogP contribution in [0.3, 0.4) is 0 Å². The number of ether oxygens (including phenoxy) is 2. The predicted octanol–water partition coefficient (Wildman–Crippen LogP) is 5.55. The van der Waals surface area contributed by atoms with E-state index in [2.05, 4.69) is 10.1 Å². The van der Waals surface area contributed by atoms with Crippen molar-refractivity contribution in [1.82, 2.24) is 9.80 Å². The molecule has 234 valence electrons. The van der Waals surface area contributed by atoms with E-state index in [1.54, 1.807) is 19.2 Å². The summed E-state index contributed by atoms with van der Waals surface area (Å²) in [5, 5.41) is 2.88. The van der Waals surface area contributed by atoms with Crippen molar-refractivity contribution in [3.8, 4) is 22.6 Å². The molecule has 0 saturated carbocycles. The number of rotatable bonds is 8. The monoisotopic (exact) mass is 623 g/mol. The van der Waals surface area contributed by atoms with Crippen molar-refractivity contribution < 1.29 is 50.2 Å². The molecule has 0 bridgehead atoms. The summed E-state index contributed by atoms with van der Waals surface area (Å²) in [4.78, 5) is 41.1. The van der Waals surface area contributed by atoms with Gasteiger partial charge in [-0.05, 0) is 66.1 Å². The van der Waals surface area contributed by atoms with Gasteiger partial charge in [-0.1, -0.05) is 18.2 Å². The molecule has 0 radical (unpaired) electrons. The van der Waals surface area contributed by atoms with Crippen LogP contribution in [0.15, 0.2) is 60.7 Å². The van der Waals surface area contributed by atoms with Gasteiger partial charge in [0.15, 0.2) is 6.61 Å². The van der Waals surface area contributed by atoms with E-state index in [1.165, 1.54) is 41.0 Å². The molecular weight excluding hydrogens is 596 g/mol. The van der Waals surface area contributed by atoms with Crippen LogP contribution < -0.4 is 14.8 Å². The van der Waals surface area contributed by atoms with Crippen molar-refractivity contribution in [2.45, 2.75) is 25.5 Å². The number of halogens is 6. The van der Waals surface area contributed by atoms with Crippen LogP contribution in [0, 0.1) is 6.92 Å². The molecule has 1 fully saturated rings. The van der Waals surface area contributed by atoms with Crippen molar-refractivity contribution in [2.24, 2.45) is 0 Å². The molecule has 14 heteroatoms. The minimum absolute atomic E-state index is 0.0204. The molecule has 1 saturated heterocycles. The summed E-state index contributed by atoms with van der Waals surface area (Å²) < 4.78 is 86.5. The van der Waals surface area contributed by atoms with E-state index in [-0.39, 0.29) is 36.5 Å². The fourth-order valence-corrected chi connectivity index (χ4v) is 4.77. The molecular formula is C30H27F6N3O5. The zero-order chi connectivity index (χ0) is 32.2. The molecule has 3 aromatic carbocycles. The van der Waals surface area contributed by atoms with Gasteiger partial charge in [0.05, 0.1) is 11.1 Å². The largest absolute Gasteiger partial charge is 0.573 e. The molecule has 2 amide bonds. The van der Waals surface area contributed by atoms with Crippen LogP contribution in [0.2, 0.25) is 0 Å². The lowest BCUT2D eigenvalue weighted by Gasteiger charge is -2.39. The highest BCUT2D eigenvalue weighted by Gasteiger charge is 2.35. The van der Waals surface area contributed by atoms with Gasteiger partial charge in [-0.25, -0.2) is 0 Å². The third kappa shape index (κ3) is 7.60. The summed E-state index contributed by atoms with van der Waals surface area (Å²) in [7, 11) is 1.57. The number of aryl methyl sites for hydroxylation is 1. The molecule has 0 spiro atoms. The Morgan fingerprint density at radius 2 is 1.70 bits per heavy atom.